The van der Waals surface area contributed by atoms with E-state index in [0.29, 0.717) is 16.9 Å². The van der Waals surface area contributed by atoms with Crippen molar-refractivity contribution in [1.82, 2.24) is 19.7 Å². The highest BCUT2D eigenvalue weighted by atomic mass is 16.2. The molecule has 1 aromatic carbocycles. The predicted molar refractivity (Wildman–Crippen MR) is 73.5 cm³/mol. The Morgan fingerprint density at radius 2 is 2.25 bits per heavy atom. The molecule has 1 saturated heterocycles. The van der Waals surface area contributed by atoms with Crippen LogP contribution in [-0.2, 0) is 0 Å². The van der Waals surface area contributed by atoms with Crippen molar-refractivity contribution >= 4 is 5.91 Å². The van der Waals surface area contributed by atoms with Gasteiger partial charge in [-0.3, -0.25) is 4.79 Å². The molecule has 0 spiro atoms. The monoisotopic (exact) mass is 268 g/mol. The van der Waals surface area contributed by atoms with Gasteiger partial charge in [-0.25, -0.2) is 9.67 Å². The molecule has 2 atom stereocenters. The van der Waals surface area contributed by atoms with E-state index in [1.165, 1.54) is 12.7 Å². The van der Waals surface area contributed by atoms with Crippen molar-refractivity contribution < 1.29 is 4.79 Å². The van der Waals surface area contributed by atoms with E-state index in [-0.39, 0.29) is 5.91 Å². The molecule has 1 aromatic heterocycles. The summed E-state index contributed by atoms with van der Waals surface area (Å²) >= 11 is 0. The Morgan fingerprint density at radius 1 is 1.40 bits per heavy atom. The first-order chi connectivity index (χ1) is 9.67. The second-order valence-electron chi connectivity index (χ2n) is 6.10. The second kappa shape index (κ2) is 3.91. The molecule has 2 fully saturated rings. The average molecular weight is 268 g/mol. The highest BCUT2D eigenvalue weighted by molar-refractivity contribution is 5.98. The van der Waals surface area contributed by atoms with Crippen LogP contribution in [-0.4, -0.2) is 38.7 Å². The van der Waals surface area contributed by atoms with Gasteiger partial charge >= 0.3 is 0 Å². The molecule has 0 bridgehead atoms. The van der Waals surface area contributed by atoms with Crippen molar-refractivity contribution in [3.05, 3.63) is 42.5 Å². The van der Waals surface area contributed by atoms with Crippen molar-refractivity contribution in [2.24, 2.45) is 11.3 Å². The zero-order chi connectivity index (χ0) is 13.7. The van der Waals surface area contributed by atoms with E-state index >= 15 is 0 Å². The molecule has 2 aromatic rings. The maximum Gasteiger partial charge on any atom is 0.256 e. The molecule has 2 heterocycles. The number of carbonyl (C=O) groups excluding carboxylic acids is 1. The molecule has 1 amide bonds. The van der Waals surface area contributed by atoms with Gasteiger partial charge in [0, 0.05) is 13.1 Å². The number of nitrogens with zero attached hydrogens (tertiary/aromatic N) is 4. The van der Waals surface area contributed by atoms with Crippen LogP contribution in [0.2, 0.25) is 0 Å². The van der Waals surface area contributed by atoms with E-state index < -0.39 is 0 Å². The lowest BCUT2D eigenvalue weighted by molar-refractivity contribution is 0.0766. The predicted octanol–water partition coefficient (Wildman–Crippen LogP) is 1.75. The number of rotatable bonds is 2. The van der Waals surface area contributed by atoms with Crippen LogP contribution in [0.5, 0.6) is 0 Å². The molecule has 2 unspecified atom stereocenters. The first kappa shape index (κ1) is 11.6. The van der Waals surface area contributed by atoms with Crippen LogP contribution in [0.1, 0.15) is 23.7 Å². The van der Waals surface area contributed by atoms with Crippen molar-refractivity contribution in [3.8, 4) is 5.69 Å². The third-order valence-electron chi connectivity index (χ3n) is 4.62. The molecular formula is C15H16N4O. The Balaban J connectivity index is 1.67. The molecule has 5 heteroatoms. The minimum absolute atomic E-state index is 0.101. The number of para-hydroxylation sites is 1. The first-order valence-corrected chi connectivity index (χ1v) is 6.91. The molecule has 1 aliphatic heterocycles. The minimum Gasteiger partial charge on any atom is -0.338 e. The molecule has 4 rings (SSSR count). The molecule has 2 aliphatic rings. The number of likely N-dealkylation sites (tertiary alicyclic amines) is 1. The maximum absolute atomic E-state index is 12.7. The summed E-state index contributed by atoms with van der Waals surface area (Å²) in [6.07, 6.45) is 4.36. The fourth-order valence-electron chi connectivity index (χ4n) is 3.26. The van der Waals surface area contributed by atoms with Gasteiger partial charge in [0.25, 0.3) is 5.91 Å². The second-order valence-corrected chi connectivity index (χ2v) is 6.10. The largest absolute Gasteiger partial charge is 0.338 e. The Bertz CT molecular complexity index is 666. The van der Waals surface area contributed by atoms with Gasteiger partial charge in [-0.2, -0.15) is 5.10 Å². The van der Waals surface area contributed by atoms with Crippen LogP contribution in [0.3, 0.4) is 0 Å². The van der Waals surface area contributed by atoms with Gasteiger partial charge in [-0.1, -0.05) is 19.1 Å². The zero-order valence-corrected chi connectivity index (χ0v) is 11.4. The summed E-state index contributed by atoms with van der Waals surface area (Å²) in [7, 11) is 0. The van der Waals surface area contributed by atoms with Gasteiger partial charge in [0.15, 0.2) is 0 Å². The van der Waals surface area contributed by atoms with Gasteiger partial charge < -0.3 is 4.90 Å². The summed E-state index contributed by atoms with van der Waals surface area (Å²) in [5, 5.41) is 4.13. The number of piperidine rings is 1. The summed E-state index contributed by atoms with van der Waals surface area (Å²) < 4.78 is 1.64. The third kappa shape index (κ3) is 1.66. The third-order valence-corrected chi connectivity index (χ3v) is 4.62. The van der Waals surface area contributed by atoms with E-state index in [9.17, 15) is 4.79 Å². The van der Waals surface area contributed by atoms with Gasteiger partial charge in [0.1, 0.15) is 12.7 Å². The number of benzene rings is 1. The van der Waals surface area contributed by atoms with E-state index in [0.717, 1.165) is 18.8 Å². The van der Waals surface area contributed by atoms with Crippen LogP contribution in [0.25, 0.3) is 5.69 Å². The van der Waals surface area contributed by atoms with E-state index in [2.05, 4.69) is 17.0 Å². The number of carbonyl (C=O) groups is 1. The van der Waals surface area contributed by atoms with Crippen LogP contribution >= 0.6 is 0 Å². The fourth-order valence-corrected chi connectivity index (χ4v) is 3.26. The normalized spacial score (nSPS) is 27.4. The van der Waals surface area contributed by atoms with E-state index in [4.69, 9.17) is 0 Å². The lowest BCUT2D eigenvalue weighted by Crippen LogP contribution is -2.32. The molecular weight excluding hydrogens is 252 g/mol. The molecule has 0 radical (unpaired) electrons. The first-order valence-electron chi connectivity index (χ1n) is 6.91. The van der Waals surface area contributed by atoms with Crippen LogP contribution < -0.4 is 0 Å². The van der Waals surface area contributed by atoms with Crippen LogP contribution in [0.4, 0.5) is 0 Å². The van der Waals surface area contributed by atoms with Gasteiger partial charge in [-0.15, -0.1) is 0 Å². The van der Waals surface area contributed by atoms with Gasteiger partial charge in [-0.05, 0) is 29.9 Å². The lowest BCUT2D eigenvalue weighted by atomic mass is 10.1. The van der Waals surface area contributed by atoms with Crippen molar-refractivity contribution in [3.63, 3.8) is 0 Å². The Hall–Kier alpha value is -2.17. The maximum atomic E-state index is 12.7. The van der Waals surface area contributed by atoms with E-state index in [1.54, 1.807) is 11.0 Å². The quantitative estimate of drug-likeness (QED) is 0.833. The average Bonchev–Trinajstić information content (AvgIpc) is 2.90. The van der Waals surface area contributed by atoms with Gasteiger partial charge in [0.05, 0.1) is 11.3 Å². The number of amides is 1. The van der Waals surface area contributed by atoms with Crippen molar-refractivity contribution in [2.75, 3.05) is 13.1 Å². The molecule has 102 valence electrons. The number of fused-ring (bicyclic) bond motifs is 1. The minimum atomic E-state index is 0.101. The zero-order valence-electron chi connectivity index (χ0n) is 11.4. The topological polar surface area (TPSA) is 51.0 Å². The van der Waals surface area contributed by atoms with Crippen LogP contribution in [0, 0.1) is 11.3 Å². The molecule has 1 saturated carbocycles. The van der Waals surface area contributed by atoms with Crippen molar-refractivity contribution in [2.45, 2.75) is 13.3 Å². The molecule has 0 N–H and O–H groups in total. The van der Waals surface area contributed by atoms with E-state index in [1.807, 2.05) is 29.2 Å². The molecule has 1 aliphatic carbocycles. The summed E-state index contributed by atoms with van der Waals surface area (Å²) in [5.74, 6) is 0.800. The standard InChI is InChI=1S/C15H16N4O/c1-15-6-11(15)7-18(8-15)14(20)12-4-2-3-5-13(12)19-10-16-9-17-19/h2-5,9-11H,6-8H2,1H3. The Kier molecular flexibility index (Phi) is 2.28. The summed E-state index contributed by atoms with van der Waals surface area (Å²) in [6.45, 7) is 4.04. The molecule has 5 nitrogen and oxygen atoms in total. The molecule has 20 heavy (non-hydrogen) atoms. The van der Waals surface area contributed by atoms with Gasteiger partial charge in [0.2, 0.25) is 0 Å². The number of aromatic nitrogens is 3. The number of hydrogen-bond donors (Lipinski definition) is 0. The SMILES string of the molecule is CC12CC1CN(C(=O)c1ccccc1-n1cncn1)C2. The lowest BCUT2D eigenvalue weighted by Gasteiger charge is -2.21. The Morgan fingerprint density at radius 3 is 2.95 bits per heavy atom. The van der Waals surface area contributed by atoms with Crippen molar-refractivity contribution in [1.29, 1.82) is 0 Å². The highest BCUT2D eigenvalue weighted by Crippen LogP contribution is 2.57. The summed E-state index contributed by atoms with van der Waals surface area (Å²) in [6, 6.07) is 7.58. The summed E-state index contributed by atoms with van der Waals surface area (Å²) in [4.78, 5) is 18.7. The fraction of sp³-hybridized carbons (Fsp3) is 0.400. The highest BCUT2D eigenvalue weighted by Gasteiger charge is 2.57. The summed E-state index contributed by atoms with van der Waals surface area (Å²) in [5.41, 5.74) is 1.86. The number of hydrogen-bond acceptors (Lipinski definition) is 3. The smallest absolute Gasteiger partial charge is 0.256 e. The van der Waals surface area contributed by atoms with Crippen LogP contribution in [0.15, 0.2) is 36.9 Å². The Labute approximate surface area is 117 Å².